The molecule has 0 spiro atoms. The molecule has 1 N–H and O–H groups in total. The molecule has 1 amide bonds. The third-order valence-corrected chi connectivity index (χ3v) is 5.34. The number of hydrogen-bond donors (Lipinski definition) is 1. The lowest BCUT2D eigenvalue weighted by molar-refractivity contribution is 0.0573. The number of piperazine rings is 1. The fourth-order valence-corrected chi connectivity index (χ4v) is 3.53. The van der Waals surface area contributed by atoms with Crippen molar-refractivity contribution >= 4 is 5.91 Å². The predicted molar refractivity (Wildman–Crippen MR) is 92.9 cm³/mol. The molecule has 132 valence electrons. The molecule has 0 bridgehead atoms. The van der Waals surface area contributed by atoms with Gasteiger partial charge in [-0.05, 0) is 31.9 Å². The second-order valence-electron chi connectivity index (χ2n) is 7.01. The molecule has 1 atom stereocenters. The van der Waals surface area contributed by atoms with E-state index < -0.39 is 0 Å². The molecule has 1 aromatic carbocycles. The highest BCUT2D eigenvalue weighted by atomic mass is 19.1. The molecule has 1 saturated heterocycles. The highest BCUT2D eigenvalue weighted by Crippen LogP contribution is 2.39. The van der Waals surface area contributed by atoms with Gasteiger partial charge in [-0.1, -0.05) is 18.2 Å². The van der Waals surface area contributed by atoms with Gasteiger partial charge in [0.2, 0.25) is 0 Å². The smallest absolute Gasteiger partial charge is 0.274 e. The van der Waals surface area contributed by atoms with Gasteiger partial charge in [-0.25, -0.2) is 4.39 Å². The first-order chi connectivity index (χ1) is 12.1. The summed E-state index contributed by atoms with van der Waals surface area (Å²) in [5.74, 6) is 0.381. The van der Waals surface area contributed by atoms with Crippen LogP contribution >= 0.6 is 0 Å². The van der Waals surface area contributed by atoms with Gasteiger partial charge in [0.25, 0.3) is 5.91 Å². The van der Waals surface area contributed by atoms with Crippen LogP contribution < -0.4 is 0 Å². The summed E-state index contributed by atoms with van der Waals surface area (Å²) in [7, 11) is 0. The van der Waals surface area contributed by atoms with E-state index >= 15 is 0 Å². The van der Waals surface area contributed by atoms with Crippen LogP contribution in [0.15, 0.2) is 30.3 Å². The number of rotatable bonds is 4. The molecule has 6 heteroatoms. The number of nitrogens with one attached hydrogen (secondary N) is 1. The molecule has 0 radical (unpaired) electrons. The lowest BCUT2D eigenvalue weighted by Crippen LogP contribution is -2.49. The van der Waals surface area contributed by atoms with Gasteiger partial charge < -0.3 is 4.90 Å². The minimum absolute atomic E-state index is 0.00491. The monoisotopic (exact) mass is 342 g/mol. The second kappa shape index (κ2) is 6.59. The topological polar surface area (TPSA) is 52.2 Å². The quantitative estimate of drug-likeness (QED) is 0.929. The average molecular weight is 342 g/mol. The Morgan fingerprint density at radius 1 is 1.24 bits per heavy atom. The Balaban J connectivity index is 1.37. The van der Waals surface area contributed by atoms with Gasteiger partial charge in [-0.2, -0.15) is 5.10 Å². The van der Waals surface area contributed by atoms with E-state index in [4.69, 9.17) is 0 Å². The Morgan fingerprint density at radius 2 is 1.96 bits per heavy atom. The molecule has 1 aliphatic carbocycles. The zero-order valence-corrected chi connectivity index (χ0v) is 14.4. The van der Waals surface area contributed by atoms with Gasteiger partial charge in [-0.3, -0.25) is 14.8 Å². The first kappa shape index (κ1) is 16.3. The van der Waals surface area contributed by atoms with Crippen molar-refractivity contribution in [3.05, 3.63) is 53.1 Å². The third kappa shape index (κ3) is 3.31. The average Bonchev–Trinajstić information content (AvgIpc) is 3.38. The number of aromatic nitrogens is 2. The van der Waals surface area contributed by atoms with E-state index in [1.807, 2.05) is 30.0 Å². The van der Waals surface area contributed by atoms with Crippen molar-refractivity contribution in [1.82, 2.24) is 20.0 Å². The maximum absolute atomic E-state index is 14.0. The first-order valence-electron chi connectivity index (χ1n) is 8.96. The molecule has 1 aliphatic heterocycles. The molecular weight excluding hydrogens is 319 g/mol. The predicted octanol–water partition coefficient (Wildman–Crippen LogP) is 2.95. The zero-order valence-electron chi connectivity index (χ0n) is 14.4. The summed E-state index contributed by atoms with van der Waals surface area (Å²) in [5, 5.41) is 7.18. The maximum Gasteiger partial charge on any atom is 0.274 e. The molecule has 25 heavy (non-hydrogen) atoms. The van der Waals surface area contributed by atoms with Crippen molar-refractivity contribution in [2.75, 3.05) is 26.2 Å². The van der Waals surface area contributed by atoms with Crippen molar-refractivity contribution < 1.29 is 9.18 Å². The number of amides is 1. The number of carbonyl (C=O) groups excluding carboxylic acids is 1. The second-order valence-corrected chi connectivity index (χ2v) is 7.01. The largest absolute Gasteiger partial charge is 0.335 e. The standard InChI is InChI=1S/C19H23FN4O/c1-13(15-4-2-3-5-16(15)20)23-8-10-24(11-9-23)19(25)18-12-17(21-22-18)14-6-7-14/h2-5,12-14H,6-11H2,1H3,(H,21,22)/t13-/m0/s1. The van der Waals surface area contributed by atoms with Crippen LogP contribution in [0.2, 0.25) is 0 Å². The number of nitrogens with zero attached hydrogens (tertiary/aromatic N) is 3. The van der Waals surface area contributed by atoms with Crippen molar-refractivity contribution in [2.45, 2.75) is 31.7 Å². The molecule has 5 nitrogen and oxygen atoms in total. The highest BCUT2D eigenvalue weighted by Gasteiger charge is 2.30. The minimum Gasteiger partial charge on any atom is -0.335 e. The summed E-state index contributed by atoms with van der Waals surface area (Å²) < 4.78 is 14.0. The van der Waals surface area contributed by atoms with Gasteiger partial charge in [0.05, 0.1) is 0 Å². The molecule has 2 heterocycles. The molecule has 1 aromatic heterocycles. The highest BCUT2D eigenvalue weighted by molar-refractivity contribution is 5.92. The summed E-state index contributed by atoms with van der Waals surface area (Å²) in [6, 6.07) is 8.81. The van der Waals surface area contributed by atoms with Gasteiger partial charge in [0.1, 0.15) is 11.5 Å². The SMILES string of the molecule is C[C@@H](c1ccccc1F)N1CCN(C(=O)c2cc(C3CC3)[nH]n2)CC1. The van der Waals surface area contributed by atoms with E-state index in [9.17, 15) is 9.18 Å². The molecule has 2 fully saturated rings. The Hall–Kier alpha value is -2.21. The minimum atomic E-state index is -0.169. The maximum atomic E-state index is 14.0. The van der Waals surface area contributed by atoms with Gasteiger partial charge in [0.15, 0.2) is 0 Å². The molecule has 2 aliphatic rings. The summed E-state index contributed by atoms with van der Waals surface area (Å²) in [5.41, 5.74) is 2.30. The summed E-state index contributed by atoms with van der Waals surface area (Å²) in [6.45, 7) is 4.78. The number of H-pyrrole nitrogens is 1. The van der Waals surface area contributed by atoms with Crippen LogP contribution in [0, 0.1) is 5.82 Å². The van der Waals surface area contributed by atoms with Crippen LogP contribution in [0.4, 0.5) is 4.39 Å². The number of benzene rings is 1. The van der Waals surface area contributed by atoms with Gasteiger partial charge in [0, 0.05) is 49.4 Å². The van der Waals surface area contributed by atoms with Gasteiger partial charge in [-0.15, -0.1) is 0 Å². The van der Waals surface area contributed by atoms with Crippen LogP contribution in [0.3, 0.4) is 0 Å². The number of hydrogen-bond acceptors (Lipinski definition) is 3. The Labute approximate surface area is 146 Å². The van der Waals surface area contributed by atoms with Crippen molar-refractivity contribution in [1.29, 1.82) is 0 Å². The molecule has 4 rings (SSSR count). The fraction of sp³-hybridized carbons (Fsp3) is 0.474. The first-order valence-corrected chi connectivity index (χ1v) is 8.96. The van der Waals surface area contributed by atoms with E-state index in [1.54, 1.807) is 6.07 Å². The number of carbonyl (C=O) groups is 1. The normalized spacial score (nSPS) is 19.8. The van der Waals surface area contributed by atoms with Crippen LogP contribution in [-0.4, -0.2) is 52.1 Å². The van der Waals surface area contributed by atoms with Crippen molar-refractivity contribution in [3.63, 3.8) is 0 Å². The molecule has 1 saturated carbocycles. The van der Waals surface area contributed by atoms with E-state index in [1.165, 1.54) is 18.9 Å². The zero-order chi connectivity index (χ0) is 17.4. The van der Waals surface area contributed by atoms with E-state index in [0.29, 0.717) is 30.3 Å². The number of halogens is 1. The number of aromatic amines is 1. The van der Waals surface area contributed by atoms with E-state index in [2.05, 4.69) is 15.1 Å². The Kier molecular flexibility index (Phi) is 4.29. The van der Waals surface area contributed by atoms with Crippen molar-refractivity contribution in [2.24, 2.45) is 0 Å². The van der Waals surface area contributed by atoms with Crippen LogP contribution in [-0.2, 0) is 0 Å². The van der Waals surface area contributed by atoms with Crippen LogP contribution in [0.5, 0.6) is 0 Å². The summed E-state index contributed by atoms with van der Waals surface area (Å²) in [6.07, 6.45) is 2.37. The summed E-state index contributed by atoms with van der Waals surface area (Å²) >= 11 is 0. The van der Waals surface area contributed by atoms with Gasteiger partial charge >= 0.3 is 0 Å². The van der Waals surface area contributed by atoms with Crippen LogP contribution in [0.1, 0.15) is 53.5 Å². The van der Waals surface area contributed by atoms with E-state index in [-0.39, 0.29) is 17.8 Å². The van der Waals surface area contributed by atoms with Crippen molar-refractivity contribution in [3.8, 4) is 0 Å². The third-order valence-electron chi connectivity index (χ3n) is 5.34. The van der Waals surface area contributed by atoms with E-state index in [0.717, 1.165) is 18.8 Å². The fourth-order valence-electron chi connectivity index (χ4n) is 3.53. The summed E-state index contributed by atoms with van der Waals surface area (Å²) in [4.78, 5) is 16.7. The van der Waals surface area contributed by atoms with Crippen LogP contribution in [0.25, 0.3) is 0 Å². The Morgan fingerprint density at radius 3 is 2.64 bits per heavy atom. The molecule has 2 aromatic rings. The lowest BCUT2D eigenvalue weighted by Gasteiger charge is -2.38. The lowest BCUT2D eigenvalue weighted by atomic mass is 10.1. The molecule has 0 unspecified atom stereocenters. The Bertz CT molecular complexity index is 762. The molecular formula is C19H23FN4O.